The van der Waals surface area contributed by atoms with E-state index in [0.29, 0.717) is 11.3 Å². The number of nitrogens with one attached hydrogen (secondary N) is 1. The van der Waals surface area contributed by atoms with Gasteiger partial charge in [0.25, 0.3) is 6.10 Å². The predicted octanol–water partition coefficient (Wildman–Crippen LogP) is 1.58. The van der Waals surface area contributed by atoms with Crippen molar-refractivity contribution in [2.24, 2.45) is 0 Å². The molecule has 1 N–H and O–H groups in total. The molecule has 0 unspecified atom stereocenters. The third-order valence-electron chi connectivity index (χ3n) is 5.80. The van der Waals surface area contributed by atoms with Crippen molar-refractivity contribution in [3.05, 3.63) is 11.6 Å². The van der Waals surface area contributed by atoms with E-state index in [1.165, 1.54) is 10.9 Å². The van der Waals surface area contributed by atoms with Crippen LogP contribution in [0.4, 0.5) is 5.82 Å². The number of hydrogen-bond donors (Lipinski definition) is 1. The fraction of sp³-hybridized carbons (Fsp3) is 0.577. The topological polar surface area (TPSA) is 179 Å². The Morgan fingerprint density at radius 2 is 1.79 bits per heavy atom. The minimum absolute atomic E-state index is 0.0350. The van der Waals surface area contributed by atoms with E-state index < -0.39 is 60.6 Å². The van der Waals surface area contributed by atoms with Gasteiger partial charge in [-0.15, -0.1) is 6.42 Å². The first kappa shape index (κ1) is 32.5. The third kappa shape index (κ3) is 6.89. The van der Waals surface area contributed by atoms with E-state index in [9.17, 15) is 19.2 Å². The van der Waals surface area contributed by atoms with Crippen LogP contribution in [0.25, 0.3) is 11.2 Å². The Labute approximate surface area is 246 Å². The molecule has 0 bridgehead atoms. The van der Waals surface area contributed by atoms with Crippen LogP contribution in [0.2, 0.25) is 5.28 Å². The Morgan fingerprint density at radius 3 is 2.31 bits per heavy atom. The molecule has 0 aromatic carbocycles. The van der Waals surface area contributed by atoms with Gasteiger partial charge in [-0.1, -0.05) is 5.92 Å². The number of rotatable bonds is 12. The molecule has 2 aromatic heterocycles. The number of nitrogens with zero attached hydrogens (tertiary/aromatic N) is 4. The highest BCUT2D eigenvalue weighted by Gasteiger charge is 2.62. The van der Waals surface area contributed by atoms with E-state index in [1.54, 1.807) is 13.8 Å². The molecule has 2 aromatic rings. The molecule has 0 amide bonds. The van der Waals surface area contributed by atoms with E-state index in [1.807, 2.05) is 13.8 Å². The van der Waals surface area contributed by atoms with Gasteiger partial charge in [-0.3, -0.25) is 14.2 Å². The average molecular weight is 610 g/mol. The number of carbonyl (C=O) groups excluding carboxylic acids is 4. The van der Waals surface area contributed by atoms with Gasteiger partial charge in [0.15, 0.2) is 23.2 Å². The van der Waals surface area contributed by atoms with Crippen molar-refractivity contribution in [2.75, 3.05) is 25.1 Å². The van der Waals surface area contributed by atoms with Crippen LogP contribution in [0.5, 0.6) is 0 Å². The summed E-state index contributed by atoms with van der Waals surface area (Å²) in [4.78, 5) is 62.4. The highest BCUT2D eigenvalue weighted by Crippen LogP contribution is 2.43. The van der Waals surface area contributed by atoms with Crippen molar-refractivity contribution in [3.8, 4) is 12.3 Å². The number of carbonyl (C=O) groups is 4. The summed E-state index contributed by atoms with van der Waals surface area (Å²) in [5, 5.41) is 3.00. The molecule has 0 aliphatic carbocycles. The lowest BCUT2D eigenvalue weighted by molar-refractivity contribution is -0.183. The summed E-state index contributed by atoms with van der Waals surface area (Å²) in [6.45, 7) is 8.42. The number of anilines is 1. The first-order valence-electron chi connectivity index (χ1n) is 13.0. The minimum atomic E-state index is -2.09. The number of ether oxygens (including phenoxy) is 6. The van der Waals surface area contributed by atoms with Crippen molar-refractivity contribution in [2.45, 2.75) is 77.7 Å². The smallest absolute Gasteiger partial charge is 0.347 e. The summed E-state index contributed by atoms with van der Waals surface area (Å²) >= 11 is 6.20. The second-order valence-electron chi connectivity index (χ2n) is 9.26. The number of esters is 4. The average Bonchev–Trinajstić information content (AvgIpc) is 3.43. The molecule has 0 radical (unpaired) electrons. The lowest BCUT2D eigenvalue weighted by Crippen LogP contribution is -2.53. The van der Waals surface area contributed by atoms with Crippen LogP contribution in [-0.4, -0.2) is 93.2 Å². The Hall–Kier alpha value is -4.00. The van der Waals surface area contributed by atoms with Gasteiger partial charge in [0.2, 0.25) is 17.0 Å². The van der Waals surface area contributed by atoms with Gasteiger partial charge in [0.1, 0.15) is 6.10 Å². The number of aromatic nitrogens is 4. The van der Waals surface area contributed by atoms with Gasteiger partial charge in [0.05, 0.1) is 26.1 Å². The van der Waals surface area contributed by atoms with E-state index in [0.717, 1.165) is 13.8 Å². The molecule has 1 fully saturated rings. The summed E-state index contributed by atoms with van der Waals surface area (Å²) in [6, 6.07) is -0.0350. The van der Waals surface area contributed by atoms with Crippen molar-refractivity contribution in [1.29, 1.82) is 0 Å². The van der Waals surface area contributed by atoms with Crippen LogP contribution in [0.1, 0.15) is 47.8 Å². The highest BCUT2D eigenvalue weighted by atomic mass is 35.5. The molecule has 1 aliphatic heterocycles. The first-order chi connectivity index (χ1) is 19.9. The largest absolute Gasteiger partial charge is 0.464 e. The quantitative estimate of drug-likeness (QED) is 0.120. The molecule has 0 spiro atoms. The maximum absolute atomic E-state index is 12.5. The SMILES string of the molecule is C#C[C@@]1(OC(C)=O)[C@@H](COC(C(=O)OCC)C(=O)OCC)O[C@@H](n2cnc3c(NC(C)C)nc(Cl)nc32)[C@@H]1OC(C)=O. The molecular weight excluding hydrogens is 578 g/mol. The zero-order chi connectivity index (χ0) is 31.2. The van der Waals surface area contributed by atoms with Crippen LogP contribution in [0.3, 0.4) is 0 Å². The normalized spacial score (nSPS) is 21.7. The maximum Gasteiger partial charge on any atom is 0.347 e. The lowest BCUT2D eigenvalue weighted by atomic mass is 9.92. The fourth-order valence-corrected chi connectivity index (χ4v) is 4.47. The molecule has 1 aliphatic rings. The van der Waals surface area contributed by atoms with Crippen molar-refractivity contribution in [1.82, 2.24) is 19.5 Å². The Balaban J connectivity index is 2.12. The summed E-state index contributed by atoms with van der Waals surface area (Å²) in [5.41, 5.74) is -1.62. The van der Waals surface area contributed by atoms with Crippen LogP contribution in [-0.2, 0) is 47.6 Å². The van der Waals surface area contributed by atoms with E-state index >= 15 is 0 Å². The van der Waals surface area contributed by atoms with Crippen molar-refractivity contribution < 1.29 is 47.6 Å². The molecule has 4 atom stereocenters. The van der Waals surface area contributed by atoms with Crippen LogP contribution < -0.4 is 5.32 Å². The van der Waals surface area contributed by atoms with Crippen molar-refractivity contribution >= 4 is 52.5 Å². The van der Waals surface area contributed by atoms with Crippen molar-refractivity contribution in [3.63, 3.8) is 0 Å². The number of imidazole rings is 1. The second-order valence-corrected chi connectivity index (χ2v) is 9.60. The number of hydrogen-bond acceptors (Lipinski definition) is 14. The monoisotopic (exact) mass is 609 g/mol. The van der Waals surface area contributed by atoms with E-state index in [4.69, 9.17) is 46.4 Å². The molecule has 228 valence electrons. The predicted molar refractivity (Wildman–Crippen MR) is 145 cm³/mol. The highest BCUT2D eigenvalue weighted by molar-refractivity contribution is 6.28. The standard InChI is InChI=1S/C26H32ClN5O10/c1-8-26(42-15(7)34)16(11-39-18(23(35)37-9-2)24(36)38-10-3)41-22(19(26)40-14(6)33)32-12-28-17-20(29-13(4)5)30-25(27)31-21(17)32/h1,12-13,16,18-19,22H,9-11H2,2-7H3,(H,29,30,31)/t16-,19+,22-,26-/m1/s1. The molecule has 1 saturated heterocycles. The van der Waals surface area contributed by atoms with Gasteiger partial charge >= 0.3 is 23.9 Å². The minimum Gasteiger partial charge on any atom is -0.464 e. The molecule has 0 saturated carbocycles. The lowest BCUT2D eigenvalue weighted by Gasteiger charge is -2.32. The van der Waals surface area contributed by atoms with Gasteiger partial charge in [-0.05, 0) is 39.3 Å². The van der Waals surface area contributed by atoms with Gasteiger partial charge in [-0.2, -0.15) is 9.97 Å². The van der Waals surface area contributed by atoms with Gasteiger partial charge in [-0.25, -0.2) is 14.6 Å². The third-order valence-corrected chi connectivity index (χ3v) is 5.97. The number of fused-ring (bicyclic) bond motifs is 1. The molecule has 15 nitrogen and oxygen atoms in total. The van der Waals surface area contributed by atoms with Gasteiger partial charge < -0.3 is 33.7 Å². The molecular formula is C26H32ClN5O10. The Morgan fingerprint density at radius 1 is 1.14 bits per heavy atom. The van der Waals surface area contributed by atoms with E-state index in [2.05, 4.69) is 26.2 Å². The molecule has 3 rings (SSSR count). The maximum atomic E-state index is 12.5. The molecule has 16 heteroatoms. The summed E-state index contributed by atoms with van der Waals surface area (Å²) in [5.74, 6) is -0.947. The summed E-state index contributed by atoms with van der Waals surface area (Å²) in [6.07, 6.45) is 1.26. The zero-order valence-electron chi connectivity index (χ0n) is 23.9. The second kappa shape index (κ2) is 13.8. The van der Waals surface area contributed by atoms with Crippen LogP contribution in [0, 0.1) is 12.3 Å². The molecule has 42 heavy (non-hydrogen) atoms. The fourth-order valence-electron chi connectivity index (χ4n) is 4.30. The number of halogens is 1. The Kier molecular flexibility index (Phi) is 10.7. The first-order valence-corrected chi connectivity index (χ1v) is 13.4. The molecule has 3 heterocycles. The Bertz CT molecular complexity index is 1360. The summed E-state index contributed by atoms with van der Waals surface area (Å²) in [7, 11) is 0. The van der Waals surface area contributed by atoms with Crippen LogP contribution >= 0.6 is 11.6 Å². The summed E-state index contributed by atoms with van der Waals surface area (Å²) < 4.78 is 34.2. The van der Waals surface area contributed by atoms with Crippen LogP contribution in [0.15, 0.2) is 6.33 Å². The van der Waals surface area contributed by atoms with E-state index in [-0.39, 0.29) is 30.2 Å². The van der Waals surface area contributed by atoms with Gasteiger partial charge in [0, 0.05) is 19.9 Å². The zero-order valence-corrected chi connectivity index (χ0v) is 24.7. The number of terminal acetylenes is 1.